The fraction of sp³-hybridized carbons (Fsp3) is 0.261. The highest BCUT2D eigenvalue weighted by molar-refractivity contribution is 5.75. The van der Waals surface area contributed by atoms with E-state index in [9.17, 15) is 14.0 Å². The van der Waals surface area contributed by atoms with Crippen LogP contribution in [0.15, 0.2) is 53.5 Å². The third-order valence-corrected chi connectivity index (χ3v) is 5.55. The van der Waals surface area contributed by atoms with Crippen LogP contribution in [0.25, 0.3) is 11.3 Å². The van der Waals surface area contributed by atoms with Crippen LogP contribution in [0.4, 0.5) is 27.3 Å². The van der Waals surface area contributed by atoms with Crippen LogP contribution in [-0.4, -0.2) is 54.1 Å². The highest BCUT2D eigenvalue weighted by atomic mass is 19.1. The molecule has 1 aliphatic heterocycles. The van der Waals surface area contributed by atoms with Crippen molar-refractivity contribution in [1.29, 1.82) is 0 Å². The SMILES string of the molecule is CN1CCN(c2ccc(Nc3nc(-c4ccc(F)c(NC=O)c4)cn(C)c3=O)cc2)CC1. The first-order chi connectivity index (χ1) is 15.4. The number of piperazine rings is 1. The molecule has 1 saturated heterocycles. The van der Waals surface area contributed by atoms with Gasteiger partial charge in [0.25, 0.3) is 5.56 Å². The fourth-order valence-electron chi connectivity index (χ4n) is 3.64. The molecule has 32 heavy (non-hydrogen) atoms. The minimum atomic E-state index is -0.551. The van der Waals surface area contributed by atoms with Crippen LogP contribution in [0, 0.1) is 5.82 Å². The van der Waals surface area contributed by atoms with E-state index in [1.807, 2.05) is 24.3 Å². The Morgan fingerprint density at radius 3 is 2.44 bits per heavy atom. The van der Waals surface area contributed by atoms with Crippen LogP contribution in [0.2, 0.25) is 0 Å². The van der Waals surface area contributed by atoms with Crippen LogP contribution in [-0.2, 0) is 11.8 Å². The van der Waals surface area contributed by atoms with Gasteiger partial charge in [0.1, 0.15) is 5.82 Å². The van der Waals surface area contributed by atoms with Crippen molar-refractivity contribution in [2.45, 2.75) is 0 Å². The highest BCUT2D eigenvalue weighted by Gasteiger charge is 2.15. The average molecular weight is 436 g/mol. The number of aromatic nitrogens is 2. The Balaban J connectivity index is 1.58. The van der Waals surface area contributed by atoms with Gasteiger partial charge in [0.15, 0.2) is 5.82 Å². The maximum atomic E-state index is 13.9. The number of nitrogens with one attached hydrogen (secondary N) is 2. The van der Waals surface area contributed by atoms with Crippen molar-refractivity contribution in [3.8, 4) is 11.3 Å². The first-order valence-corrected chi connectivity index (χ1v) is 10.3. The Bertz CT molecular complexity index is 1170. The van der Waals surface area contributed by atoms with Gasteiger partial charge >= 0.3 is 0 Å². The molecule has 9 heteroatoms. The zero-order chi connectivity index (χ0) is 22.7. The molecule has 0 saturated carbocycles. The maximum absolute atomic E-state index is 13.9. The number of carbonyl (C=O) groups excluding carboxylic acids is 1. The van der Waals surface area contributed by atoms with Crippen molar-refractivity contribution in [3.05, 3.63) is 64.8 Å². The molecule has 8 nitrogen and oxygen atoms in total. The van der Waals surface area contributed by atoms with Crippen molar-refractivity contribution in [2.75, 3.05) is 48.8 Å². The Kier molecular flexibility index (Phi) is 6.18. The summed E-state index contributed by atoms with van der Waals surface area (Å²) in [5.41, 5.74) is 2.68. The number of nitrogens with zero attached hydrogens (tertiary/aromatic N) is 4. The number of rotatable bonds is 6. The molecule has 0 atom stereocenters. The van der Waals surface area contributed by atoms with E-state index in [0.29, 0.717) is 17.7 Å². The van der Waals surface area contributed by atoms with Gasteiger partial charge in [-0.3, -0.25) is 9.59 Å². The van der Waals surface area contributed by atoms with Gasteiger partial charge in [-0.05, 0) is 49.5 Å². The largest absolute Gasteiger partial charge is 0.369 e. The number of carbonyl (C=O) groups is 1. The third kappa shape index (κ3) is 4.62. The molecule has 0 unspecified atom stereocenters. The van der Waals surface area contributed by atoms with Crippen molar-refractivity contribution in [3.63, 3.8) is 0 Å². The summed E-state index contributed by atoms with van der Waals surface area (Å²) < 4.78 is 15.3. The predicted molar refractivity (Wildman–Crippen MR) is 124 cm³/mol. The van der Waals surface area contributed by atoms with Crippen molar-refractivity contribution in [2.24, 2.45) is 7.05 Å². The molecular formula is C23H25FN6O2. The van der Waals surface area contributed by atoms with E-state index in [2.05, 4.69) is 32.5 Å². The molecule has 1 aliphatic rings. The van der Waals surface area contributed by atoms with Crippen molar-refractivity contribution < 1.29 is 9.18 Å². The quantitative estimate of drug-likeness (QED) is 0.578. The molecule has 3 aromatic rings. The summed E-state index contributed by atoms with van der Waals surface area (Å²) in [5.74, 6) is -0.393. The standard InChI is InChI=1S/C23H25FN6O2/c1-28-9-11-30(12-10-28)18-6-4-17(5-7-18)26-22-23(32)29(2)14-21(27-22)16-3-8-19(24)20(13-16)25-15-31/h3-8,13-15H,9-12H2,1-2H3,(H,25,31)(H,26,27). The number of halogens is 1. The molecule has 0 bridgehead atoms. The second kappa shape index (κ2) is 9.19. The van der Waals surface area contributed by atoms with Crippen LogP contribution in [0.3, 0.4) is 0 Å². The van der Waals surface area contributed by atoms with E-state index in [1.165, 1.54) is 16.7 Å². The van der Waals surface area contributed by atoms with Crippen molar-refractivity contribution in [1.82, 2.24) is 14.5 Å². The lowest BCUT2D eigenvalue weighted by molar-refractivity contribution is -0.105. The average Bonchev–Trinajstić information content (AvgIpc) is 2.79. The molecule has 4 rings (SSSR count). The van der Waals surface area contributed by atoms with Gasteiger partial charge in [0, 0.05) is 56.4 Å². The number of likely N-dealkylation sites (N-methyl/N-ethyl adjacent to an activating group) is 1. The minimum Gasteiger partial charge on any atom is -0.369 e. The van der Waals surface area contributed by atoms with E-state index in [0.717, 1.165) is 37.6 Å². The molecule has 2 heterocycles. The molecular weight excluding hydrogens is 411 g/mol. The zero-order valence-corrected chi connectivity index (χ0v) is 18.0. The second-order valence-corrected chi connectivity index (χ2v) is 7.81. The molecule has 1 fully saturated rings. The highest BCUT2D eigenvalue weighted by Crippen LogP contribution is 2.25. The number of hydrogen-bond acceptors (Lipinski definition) is 6. The number of aryl methyl sites for hydroxylation is 1. The van der Waals surface area contributed by atoms with Crippen molar-refractivity contribution >= 4 is 29.3 Å². The lowest BCUT2D eigenvalue weighted by atomic mass is 10.1. The summed E-state index contributed by atoms with van der Waals surface area (Å²) >= 11 is 0. The maximum Gasteiger partial charge on any atom is 0.293 e. The fourth-order valence-corrected chi connectivity index (χ4v) is 3.64. The summed E-state index contributed by atoms with van der Waals surface area (Å²) in [5, 5.41) is 5.42. The Morgan fingerprint density at radius 1 is 1.03 bits per heavy atom. The zero-order valence-electron chi connectivity index (χ0n) is 18.0. The first-order valence-electron chi connectivity index (χ1n) is 10.3. The lowest BCUT2D eigenvalue weighted by Gasteiger charge is -2.34. The first kappa shape index (κ1) is 21.5. The van der Waals surface area contributed by atoms with Gasteiger partial charge in [0.05, 0.1) is 11.4 Å². The summed E-state index contributed by atoms with van der Waals surface area (Å²) in [6.45, 7) is 4.01. The van der Waals surface area contributed by atoms with Gasteiger partial charge in [-0.15, -0.1) is 0 Å². The Labute approximate surface area is 185 Å². The third-order valence-electron chi connectivity index (χ3n) is 5.55. The summed E-state index contributed by atoms with van der Waals surface area (Å²) in [6.07, 6.45) is 1.98. The molecule has 0 radical (unpaired) electrons. The normalized spacial score (nSPS) is 14.3. The molecule has 2 N–H and O–H groups in total. The number of benzene rings is 2. The van der Waals surface area contributed by atoms with E-state index >= 15 is 0 Å². The molecule has 1 amide bonds. The Morgan fingerprint density at radius 2 is 1.75 bits per heavy atom. The van der Waals surface area contributed by atoms with Gasteiger partial charge in [-0.25, -0.2) is 9.37 Å². The number of hydrogen-bond donors (Lipinski definition) is 2. The minimum absolute atomic E-state index is 0.0437. The summed E-state index contributed by atoms with van der Waals surface area (Å²) in [7, 11) is 3.75. The number of amides is 1. The van der Waals surface area contributed by atoms with E-state index < -0.39 is 5.82 Å². The van der Waals surface area contributed by atoms with E-state index in [4.69, 9.17) is 0 Å². The molecule has 166 valence electrons. The number of anilines is 4. The molecule has 0 aliphatic carbocycles. The summed E-state index contributed by atoms with van der Waals surface area (Å²) in [6, 6.07) is 12.2. The van der Waals surface area contributed by atoms with Gasteiger partial charge in [0.2, 0.25) is 6.41 Å². The van der Waals surface area contributed by atoms with E-state index in [1.54, 1.807) is 19.3 Å². The predicted octanol–water partition coefficient (Wildman–Crippen LogP) is 2.65. The van der Waals surface area contributed by atoms with Crippen LogP contribution in [0.5, 0.6) is 0 Å². The lowest BCUT2D eigenvalue weighted by Crippen LogP contribution is -2.44. The molecule has 2 aromatic carbocycles. The Hall–Kier alpha value is -3.72. The van der Waals surface area contributed by atoms with Crippen LogP contribution >= 0.6 is 0 Å². The van der Waals surface area contributed by atoms with E-state index in [-0.39, 0.29) is 17.1 Å². The van der Waals surface area contributed by atoms with Gasteiger partial charge < -0.3 is 25.0 Å². The van der Waals surface area contributed by atoms with Crippen LogP contribution < -0.4 is 21.1 Å². The molecule has 0 spiro atoms. The smallest absolute Gasteiger partial charge is 0.293 e. The van der Waals surface area contributed by atoms with Crippen LogP contribution in [0.1, 0.15) is 0 Å². The van der Waals surface area contributed by atoms with Gasteiger partial charge in [-0.1, -0.05) is 0 Å². The molecule has 1 aromatic heterocycles. The second-order valence-electron chi connectivity index (χ2n) is 7.81. The van der Waals surface area contributed by atoms with Gasteiger partial charge in [-0.2, -0.15) is 0 Å². The monoisotopic (exact) mass is 436 g/mol. The topological polar surface area (TPSA) is 82.5 Å². The summed E-state index contributed by atoms with van der Waals surface area (Å²) in [4.78, 5) is 32.4.